The molecule has 1 aromatic heterocycles. The van der Waals surface area contributed by atoms with E-state index in [0.717, 1.165) is 36.3 Å². The van der Waals surface area contributed by atoms with E-state index in [1.54, 1.807) is 0 Å². The number of carbonyl (C=O) groups excluding carboxylic acids is 1. The lowest BCUT2D eigenvalue weighted by atomic mass is 10.1. The predicted octanol–water partition coefficient (Wildman–Crippen LogP) is 3.18. The van der Waals surface area contributed by atoms with Crippen LogP contribution in [0.25, 0.3) is 5.69 Å². The number of aryl methyl sites for hydroxylation is 1. The minimum Gasteiger partial charge on any atom is -0.355 e. The van der Waals surface area contributed by atoms with Crippen LogP contribution in [0, 0.1) is 6.92 Å². The molecule has 1 saturated heterocycles. The van der Waals surface area contributed by atoms with Crippen molar-refractivity contribution in [1.29, 1.82) is 0 Å². The molecule has 0 aliphatic carbocycles. The van der Waals surface area contributed by atoms with Crippen molar-refractivity contribution in [3.05, 3.63) is 29.8 Å². The summed E-state index contributed by atoms with van der Waals surface area (Å²) in [7, 11) is 0. The average Bonchev–Trinajstić information content (AvgIpc) is 3.10. The van der Waals surface area contributed by atoms with Crippen molar-refractivity contribution in [2.45, 2.75) is 44.7 Å². The first-order chi connectivity index (χ1) is 12.7. The van der Waals surface area contributed by atoms with E-state index >= 15 is 0 Å². The molecule has 0 atom stereocenters. The average molecular weight is 374 g/mol. The number of hydrogen-bond acceptors (Lipinski definition) is 5. The molecular formula is C19H27N5OS. The maximum absolute atomic E-state index is 12.0. The Morgan fingerprint density at radius 3 is 2.58 bits per heavy atom. The van der Waals surface area contributed by atoms with Gasteiger partial charge < -0.3 is 10.2 Å². The van der Waals surface area contributed by atoms with Crippen molar-refractivity contribution in [1.82, 2.24) is 20.1 Å². The predicted molar refractivity (Wildman–Crippen MR) is 106 cm³/mol. The number of thioether (sulfide) groups is 1. The number of benzene rings is 1. The molecular weight excluding hydrogens is 346 g/mol. The zero-order valence-electron chi connectivity index (χ0n) is 15.6. The van der Waals surface area contributed by atoms with Gasteiger partial charge in [0.05, 0.1) is 11.4 Å². The highest BCUT2D eigenvalue weighted by atomic mass is 32.2. The second-order valence-electron chi connectivity index (χ2n) is 6.64. The number of nitrogens with zero attached hydrogens (tertiary/aromatic N) is 4. The van der Waals surface area contributed by atoms with Crippen LogP contribution in [-0.2, 0) is 4.79 Å². The van der Waals surface area contributed by atoms with Crippen LogP contribution in [0.15, 0.2) is 29.4 Å². The van der Waals surface area contributed by atoms with Crippen molar-refractivity contribution >= 4 is 23.6 Å². The van der Waals surface area contributed by atoms with Gasteiger partial charge in [0, 0.05) is 19.6 Å². The summed E-state index contributed by atoms with van der Waals surface area (Å²) in [6, 6.07) is 8.37. The SMILES string of the molecule is CCCNC(=O)CSc1nnc(N2CCCCC2)n1-c1ccc(C)cc1. The van der Waals surface area contributed by atoms with E-state index in [1.165, 1.54) is 36.6 Å². The van der Waals surface area contributed by atoms with E-state index in [-0.39, 0.29) is 5.91 Å². The lowest BCUT2D eigenvalue weighted by Gasteiger charge is -2.27. The molecule has 1 amide bonds. The van der Waals surface area contributed by atoms with Gasteiger partial charge in [-0.1, -0.05) is 36.4 Å². The van der Waals surface area contributed by atoms with Crippen LogP contribution in [0.2, 0.25) is 0 Å². The fourth-order valence-corrected chi connectivity index (χ4v) is 3.80. The van der Waals surface area contributed by atoms with Crippen molar-refractivity contribution < 1.29 is 4.79 Å². The molecule has 1 aliphatic rings. The van der Waals surface area contributed by atoms with Crippen LogP contribution in [0.3, 0.4) is 0 Å². The summed E-state index contributed by atoms with van der Waals surface area (Å²) < 4.78 is 2.09. The Morgan fingerprint density at radius 1 is 1.15 bits per heavy atom. The Bertz CT molecular complexity index is 722. The third-order valence-electron chi connectivity index (χ3n) is 4.45. The van der Waals surface area contributed by atoms with Crippen LogP contribution in [-0.4, -0.2) is 46.1 Å². The number of nitrogens with one attached hydrogen (secondary N) is 1. The van der Waals surface area contributed by atoms with Crippen LogP contribution >= 0.6 is 11.8 Å². The number of aromatic nitrogens is 3. The maximum atomic E-state index is 12.0. The second kappa shape index (κ2) is 9.07. The van der Waals surface area contributed by atoms with Crippen molar-refractivity contribution in [3.8, 4) is 5.69 Å². The third-order valence-corrected chi connectivity index (χ3v) is 5.38. The summed E-state index contributed by atoms with van der Waals surface area (Å²) in [5.41, 5.74) is 2.26. The third kappa shape index (κ3) is 4.58. The smallest absolute Gasteiger partial charge is 0.232 e. The maximum Gasteiger partial charge on any atom is 0.232 e. The van der Waals surface area contributed by atoms with Crippen LogP contribution < -0.4 is 10.2 Å². The number of piperidine rings is 1. The van der Waals surface area contributed by atoms with Gasteiger partial charge in [-0.3, -0.25) is 9.36 Å². The summed E-state index contributed by atoms with van der Waals surface area (Å²) in [5, 5.41) is 12.5. The van der Waals surface area contributed by atoms with Gasteiger partial charge in [0.1, 0.15) is 0 Å². The number of amides is 1. The first-order valence-corrected chi connectivity index (χ1v) is 10.3. The molecule has 1 N–H and O–H groups in total. The molecule has 0 spiro atoms. The quantitative estimate of drug-likeness (QED) is 0.755. The number of carbonyl (C=O) groups is 1. The first-order valence-electron chi connectivity index (χ1n) is 9.36. The molecule has 6 nitrogen and oxygen atoms in total. The highest BCUT2D eigenvalue weighted by molar-refractivity contribution is 7.99. The lowest BCUT2D eigenvalue weighted by Crippen LogP contribution is -2.31. The molecule has 0 saturated carbocycles. The lowest BCUT2D eigenvalue weighted by molar-refractivity contribution is -0.118. The number of rotatable bonds is 7. The Labute approximate surface area is 159 Å². The standard InChI is InChI=1S/C19H27N5OS/c1-3-11-20-17(25)14-26-19-22-21-18(23-12-5-4-6-13-23)24(19)16-9-7-15(2)8-10-16/h7-10H,3-6,11-14H2,1-2H3,(H,20,25). The van der Waals surface area contributed by atoms with E-state index < -0.39 is 0 Å². The Balaban J connectivity index is 1.85. The Hall–Kier alpha value is -2.02. The van der Waals surface area contributed by atoms with Gasteiger partial charge >= 0.3 is 0 Å². The molecule has 1 aromatic carbocycles. The van der Waals surface area contributed by atoms with E-state index in [1.807, 2.05) is 6.92 Å². The number of hydrogen-bond donors (Lipinski definition) is 1. The first kappa shape index (κ1) is 18.8. The molecule has 3 rings (SSSR count). The zero-order chi connectivity index (χ0) is 18.4. The fraction of sp³-hybridized carbons (Fsp3) is 0.526. The molecule has 2 aromatic rings. The van der Waals surface area contributed by atoms with Crippen LogP contribution in [0.4, 0.5) is 5.95 Å². The molecule has 2 heterocycles. The van der Waals surface area contributed by atoms with Gasteiger partial charge in [-0.05, 0) is 44.7 Å². The highest BCUT2D eigenvalue weighted by Crippen LogP contribution is 2.28. The molecule has 1 aliphatic heterocycles. The molecule has 140 valence electrons. The minimum atomic E-state index is 0.0369. The van der Waals surface area contributed by atoms with E-state index in [9.17, 15) is 4.79 Å². The number of anilines is 1. The molecule has 0 radical (unpaired) electrons. The van der Waals surface area contributed by atoms with E-state index in [0.29, 0.717) is 12.3 Å². The van der Waals surface area contributed by atoms with Gasteiger partial charge in [-0.25, -0.2) is 0 Å². The Morgan fingerprint density at radius 2 is 1.88 bits per heavy atom. The molecule has 7 heteroatoms. The summed E-state index contributed by atoms with van der Waals surface area (Å²) in [5.74, 6) is 1.27. The molecule has 1 fully saturated rings. The fourth-order valence-electron chi connectivity index (χ4n) is 3.02. The summed E-state index contributed by atoms with van der Waals surface area (Å²) in [4.78, 5) is 14.3. The van der Waals surface area contributed by atoms with E-state index in [4.69, 9.17) is 0 Å². The highest BCUT2D eigenvalue weighted by Gasteiger charge is 2.22. The van der Waals surface area contributed by atoms with Crippen molar-refractivity contribution in [2.24, 2.45) is 0 Å². The normalized spacial score (nSPS) is 14.5. The second-order valence-corrected chi connectivity index (χ2v) is 7.58. The van der Waals surface area contributed by atoms with Gasteiger partial charge in [-0.2, -0.15) is 0 Å². The van der Waals surface area contributed by atoms with Gasteiger partial charge in [0.25, 0.3) is 0 Å². The minimum absolute atomic E-state index is 0.0369. The molecule has 26 heavy (non-hydrogen) atoms. The largest absolute Gasteiger partial charge is 0.355 e. The van der Waals surface area contributed by atoms with Gasteiger partial charge in [0.15, 0.2) is 5.16 Å². The van der Waals surface area contributed by atoms with Crippen LogP contribution in [0.5, 0.6) is 0 Å². The van der Waals surface area contributed by atoms with Gasteiger partial charge in [0.2, 0.25) is 11.9 Å². The van der Waals surface area contributed by atoms with Crippen molar-refractivity contribution in [3.63, 3.8) is 0 Å². The summed E-state index contributed by atoms with van der Waals surface area (Å²) >= 11 is 1.44. The Kier molecular flexibility index (Phi) is 6.55. The van der Waals surface area contributed by atoms with Crippen LogP contribution in [0.1, 0.15) is 38.2 Å². The molecule has 0 unspecified atom stereocenters. The van der Waals surface area contributed by atoms with E-state index in [2.05, 4.69) is 56.2 Å². The van der Waals surface area contributed by atoms with Crippen molar-refractivity contribution in [2.75, 3.05) is 30.3 Å². The summed E-state index contributed by atoms with van der Waals surface area (Å²) in [6.45, 7) is 6.85. The molecule has 0 bridgehead atoms. The monoisotopic (exact) mass is 373 g/mol. The van der Waals surface area contributed by atoms with Gasteiger partial charge in [-0.15, -0.1) is 10.2 Å². The topological polar surface area (TPSA) is 63.1 Å². The zero-order valence-corrected chi connectivity index (χ0v) is 16.4. The summed E-state index contributed by atoms with van der Waals surface area (Å²) in [6.07, 6.45) is 4.58.